The lowest BCUT2D eigenvalue weighted by Crippen LogP contribution is -2.34. The van der Waals surface area contributed by atoms with Crippen LogP contribution >= 0.6 is 12.4 Å². The molecule has 0 amide bonds. The second-order valence-corrected chi connectivity index (χ2v) is 6.02. The molecule has 1 aliphatic rings. The Morgan fingerprint density at radius 3 is 2.42 bits per heavy atom. The molecule has 0 saturated carbocycles. The van der Waals surface area contributed by atoms with Gasteiger partial charge in [-0.3, -0.25) is 0 Å². The van der Waals surface area contributed by atoms with Crippen LogP contribution in [-0.4, -0.2) is 29.0 Å². The van der Waals surface area contributed by atoms with Crippen LogP contribution in [0.3, 0.4) is 0 Å². The zero-order valence-electron chi connectivity index (χ0n) is 13.7. The third kappa shape index (κ3) is 3.37. The number of hydrogen-bond acceptors (Lipinski definition) is 3. The number of benzene rings is 2. The Bertz CT molecular complexity index is 905. The molecule has 0 bridgehead atoms. The summed E-state index contributed by atoms with van der Waals surface area (Å²) in [5, 5.41) is 7.86. The Balaban J connectivity index is 0.00000196. The fraction of sp³-hybridized carbons (Fsp3) is 0.278. The molecule has 1 aromatic heterocycles. The van der Waals surface area contributed by atoms with Gasteiger partial charge in [-0.2, -0.15) is 0 Å². The Kier molecular flexibility index (Phi) is 5.38. The van der Waals surface area contributed by atoms with E-state index < -0.39 is 17.5 Å². The standard InChI is InChI=1S/C18H16F3N3O.ClH/c19-11-4-5-16-13(10-11)18(25-12-6-8-22-9-7-12)23-24(16)17-14(20)2-1-3-15(17)21;/h1-5,10,12,22H,6-9H2;1H. The van der Waals surface area contributed by atoms with Gasteiger partial charge in [-0.15, -0.1) is 17.5 Å². The molecule has 1 fully saturated rings. The van der Waals surface area contributed by atoms with E-state index in [4.69, 9.17) is 4.74 Å². The highest BCUT2D eigenvalue weighted by Crippen LogP contribution is 2.31. The minimum absolute atomic E-state index is 0. The molecular weight excluding hydrogens is 367 g/mol. The molecule has 4 nitrogen and oxygen atoms in total. The summed E-state index contributed by atoms with van der Waals surface area (Å²) in [5.74, 6) is -1.77. The maximum Gasteiger partial charge on any atom is 0.241 e. The predicted octanol–water partition coefficient (Wildman–Crippen LogP) is 4.00. The van der Waals surface area contributed by atoms with E-state index >= 15 is 0 Å². The van der Waals surface area contributed by atoms with E-state index in [1.54, 1.807) is 0 Å². The highest BCUT2D eigenvalue weighted by atomic mass is 35.5. The lowest BCUT2D eigenvalue weighted by Gasteiger charge is -2.22. The molecule has 2 aromatic carbocycles. The maximum atomic E-state index is 14.2. The number of aromatic nitrogens is 2. The van der Waals surface area contributed by atoms with Gasteiger partial charge in [-0.25, -0.2) is 17.9 Å². The van der Waals surface area contributed by atoms with Crippen LogP contribution in [0.2, 0.25) is 0 Å². The second kappa shape index (κ2) is 7.55. The highest BCUT2D eigenvalue weighted by molar-refractivity contribution is 5.86. The van der Waals surface area contributed by atoms with Crippen LogP contribution in [0.4, 0.5) is 13.2 Å². The van der Waals surface area contributed by atoms with Crippen LogP contribution in [0.5, 0.6) is 5.88 Å². The zero-order valence-corrected chi connectivity index (χ0v) is 14.5. The lowest BCUT2D eigenvalue weighted by atomic mass is 10.1. The van der Waals surface area contributed by atoms with Gasteiger partial charge >= 0.3 is 0 Å². The van der Waals surface area contributed by atoms with Crippen molar-refractivity contribution >= 4 is 23.3 Å². The molecule has 3 aromatic rings. The van der Waals surface area contributed by atoms with Crippen molar-refractivity contribution in [2.24, 2.45) is 0 Å². The number of fused-ring (bicyclic) bond motifs is 1. The first-order valence-corrected chi connectivity index (χ1v) is 8.13. The third-order valence-electron chi connectivity index (χ3n) is 4.32. The van der Waals surface area contributed by atoms with E-state index in [0.29, 0.717) is 10.9 Å². The quantitative estimate of drug-likeness (QED) is 0.743. The van der Waals surface area contributed by atoms with Crippen molar-refractivity contribution in [1.82, 2.24) is 15.1 Å². The number of nitrogens with one attached hydrogen (secondary N) is 1. The molecule has 0 atom stereocenters. The van der Waals surface area contributed by atoms with Crippen molar-refractivity contribution in [2.45, 2.75) is 18.9 Å². The van der Waals surface area contributed by atoms with Crippen LogP contribution in [0.1, 0.15) is 12.8 Å². The molecule has 0 aliphatic carbocycles. The van der Waals surface area contributed by atoms with Crippen molar-refractivity contribution in [3.05, 3.63) is 53.8 Å². The molecule has 138 valence electrons. The number of hydrogen-bond donors (Lipinski definition) is 1. The molecule has 26 heavy (non-hydrogen) atoms. The van der Waals surface area contributed by atoms with Crippen molar-refractivity contribution in [1.29, 1.82) is 0 Å². The number of piperidine rings is 1. The Hall–Kier alpha value is -2.25. The lowest BCUT2D eigenvalue weighted by molar-refractivity contribution is 0.157. The van der Waals surface area contributed by atoms with Gasteiger partial charge in [0, 0.05) is 0 Å². The Labute approximate surface area is 154 Å². The molecule has 1 N–H and O–H groups in total. The van der Waals surface area contributed by atoms with Crippen molar-refractivity contribution in [2.75, 3.05) is 13.1 Å². The van der Waals surface area contributed by atoms with E-state index in [0.717, 1.165) is 42.7 Å². The summed E-state index contributed by atoms with van der Waals surface area (Å²) in [6.45, 7) is 1.64. The van der Waals surface area contributed by atoms with E-state index in [9.17, 15) is 13.2 Å². The molecule has 0 unspecified atom stereocenters. The molecule has 8 heteroatoms. The Morgan fingerprint density at radius 2 is 1.73 bits per heavy atom. The molecule has 0 radical (unpaired) electrons. The molecule has 1 saturated heterocycles. The van der Waals surface area contributed by atoms with Crippen molar-refractivity contribution in [3.63, 3.8) is 0 Å². The van der Waals surface area contributed by atoms with E-state index in [-0.39, 0.29) is 30.1 Å². The summed E-state index contributed by atoms with van der Waals surface area (Å²) < 4.78 is 49.1. The van der Waals surface area contributed by atoms with Crippen molar-refractivity contribution < 1.29 is 17.9 Å². The molecule has 4 rings (SSSR count). The minimum atomic E-state index is -0.748. The number of rotatable bonds is 3. The van der Waals surface area contributed by atoms with Gasteiger partial charge in [-0.1, -0.05) is 6.07 Å². The highest BCUT2D eigenvalue weighted by Gasteiger charge is 2.22. The van der Waals surface area contributed by atoms with Gasteiger partial charge in [0.05, 0.1) is 10.9 Å². The molecular formula is C18H17ClF3N3O. The van der Waals surface area contributed by atoms with Crippen LogP contribution in [0.25, 0.3) is 16.6 Å². The molecule has 1 aliphatic heterocycles. The predicted molar refractivity (Wildman–Crippen MR) is 94.7 cm³/mol. The summed E-state index contributed by atoms with van der Waals surface area (Å²) in [6.07, 6.45) is 1.51. The van der Waals surface area contributed by atoms with E-state index in [1.807, 2.05) is 0 Å². The van der Waals surface area contributed by atoms with Gasteiger partial charge in [0.15, 0.2) is 11.6 Å². The topological polar surface area (TPSA) is 39.1 Å². The monoisotopic (exact) mass is 383 g/mol. The first-order chi connectivity index (χ1) is 12.1. The van der Waals surface area contributed by atoms with Crippen LogP contribution in [-0.2, 0) is 0 Å². The maximum absolute atomic E-state index is 14.2. The van der Waals surface area contributed by atoms with Gasteiger partial charge in [0.2, 0.25) is 5.88 Å². The number of ether oxygens (including phenoxy) is 1. The second-order valence-electron chi connectivity index (χ2n) is 6.02. The van der Waals surface area contributed by atoms with Gasteiger partial charge in [0.1, 0.15) is 17.6 Å². The van der Waals surface area contributed by atoms with E-state index in [1.165, 1.54) is 24.3 Å². The minimum Gasteiger partial charge on any atom is -0.473 e. The average molecular weight is 384 g/mol. The molecule has 2 heterocycles. The van der Waals surface area contributed by atoms with Gasteiger partial charge < -0.3 is 10.1 Å². The van der Waals surface area contributed by atoms with Crippen LogP contribution in [0.15, 0.2) is 36.4 Å². The zero-order chi connectivity index (χ0) is 17.4. The first-order valence-electron chi connectivity index (χ1n) is 8.13. The van der Waals surface area contributed by atoms with Crippen LogP contribution in [0, 0.1) is 17.5 Å². The summed E-state index contributed by atoms with van der Waals surface area (Å²) in [4.78, 5) is 0. The smallest absolute Gasteiger partial charge is 0.241 e. The van der Waals surface area contributed by atoms with Gasteiger partial charge in [0.25, 0.3) is 0 Å². The summed E-state index contributed by atoms with van der Waals surface area (Å²) >= 11 is 0. The summed E-state index contributed by atoms with van der Waals surface area (Å²) in [7, 11) is 0. The van der Waals surface area contributed by atoms with E-state index in [2.05, 4.69) is 10.4 Å². The average Bonchev–Trinajstić information content (AvgIpc) is 2.93. The fourth-order valence-corrected chi connectivity index (χ4v) is 3.08. The summed E-state index contributed by atoms with van der Waals surface area (Å²) in [6, 6.07) is 7.54. The molecule has 0 spiro atoms. The van der Waals surface area contributed by atoms with Gasteiger partial charge in [-0.05, 0) is 56.3 Å². The Morgan fingerprint density at radius 1 is 1.04 bits per heavy atom. The van der Waals surface area contributed by atoms with Crippen LogP contribution < -0.4 is 10.1 Å². The number of halogens is 4. The fourth-order valence-electron chi connectivity index (χ4n) is 3.08. The third-order valence-corrected chi connectivity index (χ3v) is 4.32. The normalized spacial score (nSPS) is 15.0. The van der Waals surface area contributed by atoms with Crippen molar-refractivity contribution in [3.8, 4) is 11.6 Å². The first kappa shape index (κ1) is 18.5. The SMILES string of the molecule is Cl.Fc1ccc2c(c1)c(OC1CCNCC1)nn2-c1c(F)cccc1F. The number of nitrogens with zero attached hydrogens (tertiary/aromatic N) is 2. The number of para-hydroxylation sites is 1. The largest absolute Gasteiger partial charge is 0.473 e. The summed E-state index contributed by atoms with van der Waals surface area (Å²) in [5.41, 5.74) is 0.0774.